The first-order valence-electron chi connectivity index (χ1n) is 6.88. The second-order valence-electron chi connectivity index (χ2n) is 6.32. The Morgan fingerprint density at radius 3 is 2.42 bits per heavy atom. The van der Waals surface area contributed by atoms with E-state index in [1.54, 1.807) is 11.8 Å². The Morgan fingerprint density at radius 2 is 1.89 bits per heavy atom. The highest BCUT2D eigenvalue weighted by Crippen LogP contribution is 2.47. The average molecular weight is 277 g/mol. The Balaban J connectivity index is 1.81. The summed E-state index contributed by atoms with van der Waals surface area (Å²) < 4.78 is 0.147. The van der Waals surface area contributed by atoms with E-state index in [9.17, 15) is 4.79 Å². The van der Waals surface area contributed by atoms with Crippen molar-refractivity contribution >= 4 is 17.7 Å². The highest BCUT2D eigenvalue weighted by atomic mass is 32.2. The number of benzene rings is 1. The molecule has 1 saturated carbocycles. The predicted octanol–water partition coefficient (Wildman–Crippen LogP) is 3.37. The Labute approximate surface area is 120 Å². The van der Waals surface area contributed by atoms with Gasteiger partial charge in [0.15, 0.2) is 0 Å². The van der Waals surface area contributed by atoms with Crippen LogP contribution >= 0.6 is 11.8 Å². The third-order valence-electron chi connectivity index (χ3n) is 3.50. The first-order chi connectivity index (χ1) is 8.91. The zero-order valence-corrected chi connectivity index (χ0v) is 12.8. The number of rotatable bonds is 5. The van der Waals surface area contributed by atoms with Gasteiger partial charge < -0.3 is 5.32 Å². The van der Waals surface area contributed by atoms with Crippen LogP contribution in [0.2, 0.25) is 0 Å². The minimum atomic E-state index is 0.147. The molecule has 0 atom stereocenters. The minimum Gasteiger partial charge on any atom is -0.354 e. The van der Waals surface area contributed by atoms with E-state index in [0.717, 1.165) is 6.54 Å². The average Bonchev–Trinajstić information content (AvgIpc) is 3.15. The van der Waals surface area contributed by atoms with E-state index >= 15 is 0 Å². The normalized spacial score (nSPS) is 17.0. The largest absolute Gasteiger partial charge is 0.354 e. The maximum atomic E-state index is 11.9. The molecule has 0 aliphatic heterocycles. The monoisotopic (exact) mass is 277 g/mol. The van der Waals surface area contributed by atoms with Crippen LogP contribution in [0.3, 0.4) is 0 Å². The topological polar surface area (TPSA) is 29.1 Å². The van der Waals surface area contributed by atoms with E-state index in [-0.39, 0.29) is 16.1 Å². The summed E-state index contributed by atoms with van der Waals surface area (Å²) in [6, 6.07) is 10.5. The summed E-state index contributed by atoms with van der Waals surface area (Å²) in [5, 5.41) is 3.10. The molecule has 0 unspecified atom stereocenters. The van der Waals surface area contributed by atoms with Crippen LogP contribution in [0.25, 0.3) is 0 Å². The molecule has 19 heavy (non-hydrogen) atoms. The number of hydrogen-bond acceptors (Lipinski definition) is 2. The summed E-state index contributed by atoms with van der Waals surface area (Å²) >= 11 is 1.70. The highest BCUT2D eigenvalue weighted by Gasteiger charge is 2.44. The van der Waals surface area contributed by atoms with Gasteiger partial charge in [0.1, 0.15) is 0 Å². The van der Waals surface area contributed by atoms with Gasteiger partial charge in [-0.1, -0.05) is 51.1 Å². The first kappa shape index (κ1) is 14.4. The van der Waals surface area contributed by atoms with Gasteiger partial charge in [-0.2, -0.15) is 0 Å². The molecule has 3 heteroatoms. The predicted molar refractivity (Wildman–Crippen MR) is 82.6 cm³/mol. The van der Waals surface area contributed by atoms with E-state index < -0.39 is 0 Å². The second-order valence-corrected chi connectivity index (χ2v) is 8.13. The third-order valence-corrected chi connectivity index (χ3v) is 4.77. The maximum absolute atomic E-state index is 11.9. The molecule has 1 amide bonds. The van der Waals surface area contributed by atoms with E-state index in [4.69, 9.17) is 0 Å². The highest BCUT2D eigenvalue weighted by molar-refractivity contribution is 8.01. The van der Waals surface area contributed by atoms with Crippen molar-refractivity contribution in [3.63, 3.8) is 0 Å². The van der Waals surface area contributed by atoms with E-state index in [1.807, 2.05) is 6.07 Å². The van der Waals surface area contributed by atoms with Crippen molar-refractivity contribution in [2.45, 2.75) is 43.8 Å². The summed E-state index contributed by atoms with van der Waals surface area (Å²) in [7, 11) is 0. The van der Waals surface area contributed by atoms with Gasteiger partial charge in [-0.25, -0.2) is 0 Å². The fourth-order valence-corrected chi connectivity index (χ4v) is 2.78. The second kappa shape index (κ2) is 5.58. The zero-order chi connectivity index (χ0) is 13.9. The minimum absolute atomic E-state index is 0.147. The van der Waals surface area contributed by atoms with Gasteiger partial charge in [0.25, 0.3) is 0 Å². The smallest absolute Gasteiger partial charge is 0.230 e. The molecule has 0 heterocycles. The van der Waals surface area contributed by atoms with Crippen molar-refractivity contribution in [1.29, 1.82) is 0 Å². The lowest BCUT2D eigenvalue weighted by atomic mass is 9.96. The van der Waals surface area contributed by atoms with Crippen molar-refractivity contribution < 1.29 is 4.79 Å². The Hall–Kier alpha value is -0.960. The van der Waals surface area contributed by atoms with Crippen molar-refractivity contribution in [1.82, 2.24) is 5.32 Å². The lowest BCUT2D eigenvalue weighted by Crippen LogP contribution is -2.34. The molecule has 0 radical (unpaired) electrons. The number of carbonyl (C=O) groups excluding carboxylic acids is 1. The lowest BCUT2D eigenvalue weighted by molar-refractivity contribution is -0.118. The molecular weight excluding hydrogens is 254 g/mol. The van der Waals surface area contributed by atoms with Crippen LogP contribution in [0.1, 0.15) is 39.2 Å². The van der Waals surface area contributed by atoms with Crippen LogP contribution in [-0.4, -0.2) is 23.0 Å². The number of hydrogen-bond donors (Lipinski definition) is 1. The summed E-state index contributed by atoms with van der Waals surface area (Å²) in [6.07, 6.45) is 2.37. The number of nitrogens with one attached hydrogen (secondary N) is 1. The third kappa shape index (κ3) is 4.27. The number of carbonyl (C=O) groups is 1. The van der Waals surface area contributed by atoms with Gasteiger partial charge in [-0.3, -0.25) is 4.79 Å². The summed E-state index contributed by atoms with van der Waals surface area (Å²) in [4.78, 5) is 11.9. The molecule has 1 fully saturated rings. The maximum Gasteiger partial charge on any atom is 0.230 e. The molecule has 1 aromatic rings. The molecule has 104 valence electrons. The molecule has 0 bridgehead atoms. The molecule has 2 nitrogen and oxygen atoms in total. The van der Waals surface area contributed by atoms with Gasteiger partial charge in [0, 0.05) is 16.7 Å². The molecule has 0 spiro atoms. The van der Waals surface area contributed by atoms with E-state index in [2.05, 4.69) is 50.4 Å². The fraction of sp³-hybridized carbons (Fsp3) is 0.562. The molecule has 1 aliphatic carbocycles. The van der Waals surface area contributed by atoms with Crippen molar-refractivity contribution in [3.8, 4) is 0 Å². The number of amides is 1. The Morgan fingerprint density at radius 1 is 1.26 bits per heavy atom. The van der Waals surface area contributed by atoms with Crippen LogP contribution < -0.4 is 5.32 Å². The summed E-state index contributed by atoms with van der Waals surface area (Å²) in [5.74, 6) is 0.705. The quantitative estimate of drug-likeness (QED) is 0.894. The van der Waals surface area contributed by atoms with Gasteiger partial charge in [0.2, 0.25) is 5.91 Å². The summed E-state index contributed by atoms with van der Waals surface area (Å²) in [6.45, 7) is 7.19. The van der Waals surface area contributed by atoms with Crippen molar-refractivity contribution in [2.75, 3.05) is 12.3 Å². The van der Waals surface area contributed by atoms with Gasteiger partial charge in [0.05, 0.1) is 5.75 Å². The van der Waals surface area contributed by atoms with Crippen LogP contribution in [0, 0.1) is 0 Å². The summed E-state index contributed by atoms with van der Waals surface area (Å²) in [5.41, 5.74) is 1.57. The molecular formula is C16H23NOS. The molecule has 2 rings (SSSR count). The zero-order valence-electron chi connectivity index (χ0n) is 12.0. The lowest BCUT2D eigenvalue weighted by Gasteiger charge is -2.19. The van der Waals surface area contributed by atoms with Crippen LogP contribution in [0.4, 0.5) is 0 Å². The van der Waals surface area contributed by atoms with Crippen LogP contribution in [0.15, 0.2) is 30.3 Å². The fourth-order valence-electron chi connectivity index (χ4n) is 2.11. The molecule has 1 aliphatic rings. The molecule has 0 aromatic heterocycles. The van der Waals surface area contributed by atoms with Gasteiger partial charge in [-0.15, -0.1) is 11.8 Å². The van der Waals surface area contributed by atoms with Gasteiger partial charge >= 0.3 is 0 Å². The Kier molecular flexibility index (Phi) is 4.24. The number of thioether (sulfide) groups is 1. The molecule has 1 aromatic carbocycles. The van der Waals surface area contributed by atoms with Crippen LogP contribution in [0.5, 0.6) is 0 Å². The molecule has 1 N–H and O–H groups in total. The van der Waals surface area contributed by atoms with E-state index in [0.29, 0.717) is 5.75 Å². The standard InChI is InChI=1S/C16H23NOS/c1-15(2,3)19-11-14(18)17-12-16(9-10-16)13-7-5-4-6-8-13/h4-8H,9-12H2,1-3H3,(H,17,18). The first-order valence-corrected chi connectivity index (χ1v) is 7.86. The van der Waals surface area contributed by atoms with Gasteiger partial charge in [-0.05, 0) is 18.4 Å². The SMILES string of the molecule is CC(C)(C)SCC(=O)NCC1(c2ccccc2)CC1. The van der Waals surface area contributed by atoms with E-state index in [1.165, 1.54) is 18.4 Å². The van der Waals surface area contributed by atoms with Crippen LogP contribution in [-0.2, 0) is 10.2 Å². The Bertz CT molecular complexity index is 432. The van der Waals surface area contributed by atoms with Crippen molar-refractivity contribution in [2.24, 2.45) is 0 Å². The van der Waals surface area contributed by atoms with Crippen molar-refractivity contribution in [3.05, 3.63) is 35.9 Å². The molecule has 0 saturated heterocycles.